The van der Waals surface area contributed by atoms with E-state index in [4.69, 9.17) is 9.47 Å². The SMILES string of the molecule is CCOC(=O)c1cnc(Nc2nc(C)c(C(=O)OCC)s2)nc1CSc1nnc(C)s1. The van der Waals surface area contributed by atoms with E-state index >= 15 is 0 Å². The van der Waals surface area contributed by atoms with Crippen LogP contribution in [-0.4, -0.2) is 50.3 Å². The van der Waals surface area contributed by atoms with Crippen LogP contribution in [-0.2, 0) is 15.2 Å². The van der Waals surface area contributed by atoms with Gasteiger partial charge in [0.05, 0.1) is 24.6 Å². The number of anilines is 2. The first-order chi connectivity index (χ1) is 14.9. The minimum Gasteiger partial charge on any atom is -0.462 e. The van der Waals surface area contributed by atoms with Gasteiger partial charge in [-0.25, -0.2) is 24.5 Å². The van der Waals surface area contributed by atoms with Crippen LogP contribution in [0.25, 0.3) is 0 Å². The summed E-state index contributed by atoms with van der Waals surface area (Å²) in [4.78, 5) is 37.8. The van der Waals surface area contributed by atoms with Gasteiger partial charge < -0.3 is 14.8 Å². The monoisotopic (exact) mass is 480 g/mol. The Bertz CT molecular complexity index is 1080. The van der Waals surface area contributed by atoms with Gasteiger partial charge in [0.1, 0.15) is 15.4 Å². The molecule has 0 aliphatic carbocycles. The molecule has 3 aromatic heterocycles. The van der Waals surface area contributed by atoms with E-state index in [-0.39, 0.29) is 24.7 Å². The number of carbonyl (C=O) groups excluding carboxylic acids is 2. The molecule has 164 valence electrons. The van der Waals surface area contributed by atoms with E-state index < -0.39 is 11.9 Å². The lowest BCUT2D eigenvalue weighted by atomic mass is 10.2. The van der Waals surface area contributed by atoms with Crippen LogP contribution in [0, 0.1) is 13.8 Å². The van der Waals surface area contributed by atoms with E-state index in [2.05, 4.69) is 30.5 Å². The molecule has 31 heavy (non-hydrogen) atoms. The van der Waals surface area contributed by atoms with Gasteiger partial charge in [0.15, 0.2) is 9.47 Å². The topological polar surface area (TPSA) is 129 Å². The van der Waals surface area contributed by atoms with E-state index in [1.807, 2.05) is 6.92 Å². The van der Waals surface area contributed by atoms with Crippen molar-refractivity contribution in [2.45, 2.75) is 37.8 Å². The molecule has 0 fully saturated rings. The van der Waals surface area contributed by atoms with Crippen molar-refractivity contribution < 1.29 is 19.1 Å². The van der Waals surface area contributed by atoms with E-state index in [1.54, 1.807) is 20.8 Å². The fraction of sp³-hybridized carbons (Fsp3) is 0.389. The molecule has 0 amide bonds. The molecule has 0 unspecified atom stereocenters. The smallest absolute Gasteiger partial charge is 0.350 e. The molecule has 0 aliphatic rings. The molecule has 0 atom stereocenters. The van der Waals surface area contributed by atoms with Crippen molar-refractivity contribution in [3.8, 4) is 0 Å². The van der Waals surface area contributed by atoms with Crippen LogP contribution < -0.4 is 5.32 Å². The largest absolute Gasteiger partial charge is 0.462 e. The third-order valence-corrected chi connectivity index (χ3v) is 6.72. The highest BCUT2D eigenvalue weighted by atomic mass is 32.2. The number of rotatable bonds is 9. The maximum atomic E-state index is 12.3. The minimum absolute atomic E-state index is 0.246. The standard InChI is InChI=1S/C18H20N6O4S3/c1-5-27-14(25)11-7-19-16(21-12(11)8-29-18-24-23-10(4)30-18)22-17-20-9(3)13(31-17)15(26)28-6-2/h7H,5-6,8H2,1-4H3,(H,19,20,21,22). The number of thioether (sulfide) groups is 1. The van der Waals surface area contributed by atoms with Crippen LogP contribution in [0.2, 0.25) is 0 Å². The third kappa shape index (κ3) is 5.95. The first kappa shape index (κ1) is 23.0. The molecular formula is C18H20N6O4S3. The lowest BCUT2D eigenvalue weighted by molar-refractivity contribution is 0.0517. The number of hydrogen-bond donors (Lipinski definition) is 1. The first-order valence-electron chi connectivity index (χ1n) is 9.28. The molecule has 0 radical (unpaired) electrons. The lowest BCUT2D eigenvalue weighted by Gasteiger charge is -2.09. The quantitative estimate of drug-likeness (QED) is 0.354. The molecular weight excluding hydrogens is 460 g/mol. The van der Waals surface area contributed by atoms with Crippen molar-refractivity contribution in [3.05, 3.63) is 33.0 Å². The van der Waals surface area contributed by atoms with Crippen molar-refractivity contribution in [3.63, 3.8) is 0 Å². The molecule has 3 heterocycles. The van der Waals surface area contributed by atoms with Crippen molar-refractivity contribution in [2.75, 3.05) is 18.5 Å². The Morgan fingerprint density at radius 2 is 1.81 bits per heavy atom. The van der Waals surface area contributed by atoms with Crippen LogP contribution >= 0.6 is 34.4 Å². The summed E-state index contributed by atoms with van der Waals surface area (Å²) >= 11 is 4.03. The highest BCUT2D eigenvalue weighted by Crippen LogP contribution is 2.28. The number of aryl methyl sites for hydroxylation is 2. The maximum Gasteiger partial charge on any atom is 0.350 e. The van der Waals surface area contributed by atoms with E-state index in [1.165, 1.54) is 29.3 Å². The van der Waals surface area contributed by atoms with Crippen LogP contribution in [0.1, 0.15) is 50.3 Å². The predicted octanol–water partition coefficient (Wildman–Crippen LogP) is 3.79. The molecule has 3 aromatic rings. The van der Waals surface area contributed by atoms with Gasteiger partial charge in [0.2, 0.25) is 5.95 Å². The van der Waals surface area contributed by atoms with Crippen molar-refractivity contribution >= 4 is 57.5 Å². The number of hydrogen-bond acceptors (Lipinski definition) is 13. The minimum atomic E-state index is -0.493. The highest BCUT2D eigenvalue weighted by molar-refractivity contribution is 8.00. The van der Waals surface area contributed by atoms with Gasteiger partial charge in [0, 0.05) is 11.9 Å². The normalized spacial score (nSPS) is 10.7. The molecule has 1 N–H and O–H groups in total. The summed E-state index contributed by atoms with van der Waals surface area (Å²) in [5.74, 6) is -0.284. The second kappa shape index (κ2) is 10.6. The summed E-state index contributed by atoms with van der Waals surface area (Å²) in [7, 11) is 0. The van der Waals surface area contributed by atoms with Gasteiger partial charge in [-0.15, -0.1) is 10.2 Å². The average molecular weight is 481 g/mol. The number of aromatic nitrogens is 5. The Balaban J connectivity index is 1.83. The molecule has 10 nitrogen and oxygen atoms in total. The predicted molar refractivity (Wildman–Crippen MR) is 118 cm³/mol. The molecule has 0 aliphatic heterocycles. The summed E-state index contributed by atoms with van der Waals surface area (Å²) in [5.41, 5.74) is 1.33. The number of thiazole rings is 1. The van der Waals surface area contributed by atoms with Gasteiger partial charge >= 0.3 is 11.9 Å². The Morgan fingerprint density at radius 3 is 2.48 bits per heavy atom. The molecule has 0 saturated carbocycles. The summed E-state index contributed by atoms with van der Waals surface area (Å²) in [5, 5.41) is 12.4. The van der Waals surface area contributed by atoms with Gasteiger partial charge in [0.25, 0.3) is 0 Å². The summed E-state index contributed by atoms with van der Waals surface area (Å²) in [6.45, 7) is 7.61. The first-order valence-corrected chi connectivity index (χ1v) is 11.9. The van der Waals surface area contributed by atoms with Gasteiger partial charge in [-0.2, -0.15) is 0 Å². The van der Waals surface area contributed by atoms with E-state index in [0.29, 0.717) is 27.1 Å². The zero-order chi connectivity index (χ0) is 22.4. The number of nitrogens with one attached hydrogen (secondary N) is 1. The van der Waals surface area contributed by atoms with Crippen LogP contribution in [0.3, 0.4) is 0 Å². The van der Waals surface area contributed by atoms with Gasteiger partial charge in [-0.1, -0.05) is 34.4 Å². The van der Waals surface area contributed by atoms with Crippen LogP contribution in [0.15, 0.2) is 10.5 Å². The molecule has 13 heteroatoms. The van der Waals surface area contributed by atoms with Gasteiger partial charge in [-0.05, 0) is 27.7 Å². The lowest BCUT2D eigenvalue weighted by Crippen LogP contribution is -2.11. The Hall–Kier alpha value is -2.64. The Kier molecular flexibility index (Phi) is 7.87. The number of carbonyl (C=O) groups is 2. The fourth-order valence-electron chi connectivity index (χ4n) is 2.37. The average Bonchev–Trinajstić information content (AvgIpc) is 3.31. The van der Waals surface area contributed by atoms with Crippen LogP contribution in [0.5, 0.6) is 0 Å². The highest BCUT2D eigenvalue weighted by Gasteiger charge is 2.19. The summed E-state index contributed by atoms with van der Waals surface area (Å²) in [6, 6.07) is 0. The van der Waals surface area contributed by atoms with E-state index in [9.17, 15) is 9.59 Å². The third-order valence-electron chi connectivity index (χ3n) is 3.68. The molecule has 0 spiro atoms. The zero-order valence-electron chi connectivity index (χ0n) is 17.3. The van der Waals surface area contributed by atoms with Crippen molar-refractivity contribution in [1.29, 1.82) is 0 Å². The maximum absolute atomic E-state index is 12.3. The van der Waals surface area contributed by atoms with Gasteiger partial charge in [-0.3, -0.25) is 0 Å². The molecule has 3 rings (SSSR count). The number of ether oxygens (including phenoxy) is 2. The summed E-state index contributed by atoms with van der Waals surface area (Å²) < 4.78 is 10.9. The summed E-state index contributed by atoms with van der Waals surface area (Å²) in [6.07, 6.45) is 1.42. The molecule has 0 bridgehead atoms. The fourth-order valence-corrected chi connectivity index (χ4v) is 4.99. The number of esters is 2. The van der Waals surface area contributed by atoms with Crippen LogP contribution in [0.4, 0.5) is 11.1 Å². The Labute approximate surface area is 190 Å². The van der Waals surface area contributed by atoms with Crippen molar-refractivity contribution in [2.24, 2.45) is 0 Å². The van der Waals surface area contributed by atoms with Crippen molar-refractivity contribution in [1.82, 2.24) is 25.1 Å². The number of nitrogens with zero attached hydrogens (tertiary/aromatic N) is 5. The zero-order valence-corrected chi connectivity index (χ0v) is 19.7. The second-order valence-electron chi connectivity index (χ2n) is 5.93. The Morgan fingerprint density at radius 1 is 1.06 bits per heavy atom. The molecule has 0 aromatic carbocycles. The second-order valence-corrected chi connectivity index (χ2v) is 9.33. The molecule has 0 saturated heterocycles. The van der Waals surface area contributed by atoms with E-state index in [0.717, 1.165) is 20.7 Å².